The Morgan fingerprint density at radius 2 is 1.78 bits per heavy atom. The van der Waals surface area contributed by atoms with E-state index in [2.05, 4.69) is 62.0 Å². The number of hydrogen-bond donors (Lipinski definition) is 1. The van der Waals surface area contributed by atoms with Gasteiger partial charge in [0.2, 0.25) is 0 Å². The van der Waals surface area contributed by atoms with Crippen molar-refractivity contribution in [1.82, 2.24) is 0 Å². The highest BCUT2D eigenvalue weighted by Crippen LogP contribution is 2.26. The molecular formula is C18H20Br2N2O. The Hall–Kier alpha value is -1.33. The van der Waals surface area contributed by atoms with Gasteiger partial charge in [0.1, 0.15) is 0 Å². The van der Waals surface area contributed by atoms with Gasteiger partial charge >= 0.3 is 0 Å². The van der Waals surface area contributed by atoms with E-state index in [1.165, 1.54) is 5.69 Å². The van der Waals surface area contributed by atoms with Crippen molar-refractivity contribution in [2.75, 3.05) is 23.3 Å². The van der Waals surface area contributed by atoms with E-state index in [1.54, 1.807) is 6.07 Å². The smallest absolute Gasteiger partial charge is 0.256 e. The van der Waals surface area contributed by atoms with E-state index < -0.39 is 0 Å². The maximum Gasteiger partial charge on any atom is 0.256 e. The van der Waals surface area contributed by atoms with Crippen molar-refractivity contribution in [2.45, 2.75) is 20.8 Å². The fourth-order valence-electron chi connectivity index (χ4n) is 2.44. The molecule has 0 aliphatic heterocycles. The van der Waals surface area contributed by atoms with Gasteiger partial charge in [-0.3, -0.25) is 4.79 Å². The molecule has 23 heavy (non-hydrogen) atoms. The van der Waals surface area contributed by atoms with Crippen LogP contribution in [0.15, 0.2) is 45.3 Å². The van der Waals surface area contributed by atoms with Crippen LogP contribution < -0.4 is 10.2 Å². The number of benzene rings is 2. The highest BCUT2D eigenvalue weighted by atomic mass is 79.9. The van der Waals surface area contributed by atoms with Gasteiger partial charge in [0.25, 0.3) is 5.91 Å². The summed E-state index contributed by atoms with van der Waals surface area (Å²) in [6.45, 7) is 8.22. The number of nitrogens with zero attached hydrogens (tertiary/aromatic N) is 1. The maximum absolute atomic E-state index is 12.5. The first-order valence-corrected chi connectivity index (χ1v) is 9.16. The number of anilines is 2. The Morgan fingerprint density at radius 3 is 2.35 bits per heavy atom. The van der Waals surface area contributed by atoms with Gasteiger partial charge in [-0.1, -0.05) is 15.9 Å². The summed E-state index contributed by atoms with van der Waals surface area (Å²) in [5, 5.41) is 2.99. The molecule has 2 rings (SSSR count). The fourth-order valence-corrected chi connectivity index (χ4v) is 3.66. The van der Waals surface area contributed by atoms with Gasteiger partial charge in [0.15, 0.2) is 0 Å². The molecule has 2 aromatic rings. The number of aryl methyl sites for hydroxylation is 1. The van der Waals surface area contributed by atoms with E-state index in [-0.39, 0.29) is 5.91 Å². The van der Waals surface area contributed by atoms with Crippen LogP contribution in [0, 0.1) is 6.92 Å². The second kappa shape index (κ2) is 7.97. The molecule has 5 heteroatoms. The molecule has 0 aliphatic rings. The average molecular weight is 440 g/mol. The van der Waals surface area contributed by atoms with E-state index >= 15 is 0 Å². The first kappa shape index (κ1) is 18.0. The van der Waals surface area contributed by atoms with E-state index in [9.17, 15) is 4.79 Å². The third-order valence-electron chi connectivity index (χ3n) is 3.76. The average Bonchev–Trinajstić information content (AvgIpc) is 2.51. The molecule has 0 unspecified atom stereocenters. The minimum atomic E-state index is -0.122. The number of hydrogen-bond acceptors (Lipinski definition) is 2. The number of nitrogens with one attached hydrogen (secondary N) is 1. The van der Waals surface area contributed by atoms with E-state index in [1.807, 2.05) is 31.2 Å². The molecule has 0 spiro atoms. The standard InChI is InChI=1S/C18H20Br2N2O/c1-4-22(5-2)14-7-9-17(12(3)10-14)21-18(23)15-8-6-13(19)11-16(15)20/h6-11H,4-5H2,1-3H3,(H,21,23). The summed E-state index contributed by atoms with van der Waals surface area (Å²) in [7, 11) is 0. The minimum absolute atomic E-state index is 0.122. The van der Waals surface area contributed by atoms with Crippen LogP contribution in [0.1, 0.15) is 29.8 Å². The molecule has 0 atom stereocenters. The van der Waals surface area contributed by atoms with Gasteiger partial charge in [-0.2, -0.15) is 0 Å². The van der Waals surface area contributed by atoms with Crippen molar-refractivity contribution in [3.8, 4) is 0 Å². The SMILES string of the molecule is CCN(CC)c1ccc(NC(=O)c2ccc(Br)cc2Br)c(C)c1. The Kier molecular flexibility index (Phi) is 6.25. The minimum Gasteiger partial charge on any atom is -0.372 e. The monoisotopic (exact) mass is 438 g/mol. The van der Waals surface area contributed by atoms with Gasteiger partial charge in [-0.05, 0) is 78.7 Å². The Labute approximate surface area is 154 Å². The van der Waals surface area contributed by atoms with Gasteiger partial charge in [0, 0.05) is 33.4 Å². The van der Waals surface area contributed by atoms with Crippen LogP contribution in [0.2, 0.25) is 0 Å². The number of carbonyl (C=O) groups excluding carboxylic acids is 1. The molecule has 0 fully saturated rings. The summed E-state index contributed by atoms with van der Waals surface area (Å²) < 4.78 is 1.70. The lowest BCUT2D eigenvalue weighted by molar-refractivity contribution is 0.102. The summed E-state index contributed by atoms with van der Waals surface area (Å²) in [6, 6.07) is 11.6. The molecule has 0 saturated heterocycles. The zero-order chi connectivity index (χ0) is 17.0. The number of rotatable bonds is 5. The zero-order valence-electron chi connectivity index (χ0n) is 13.5. The lowest BCUT2D eigenvalue weighted by Crippen LogP contribution is -2.22. The van der Waals surface area contributed by atoms with E-state index in [0.717, 1.165) is 33.3 Å². The Morgan fingerprint density at radius 1 is 1.09 bits per heavy atom. The molecule has 1 N–H and O–H groups in total. The quantitative estimate of drug-likeness (QED) is 0.655. The van der Waals surface area contributed by atoms with Crippen LogP contribution in [0.4, 0.5) is 11.4 Å². The van der Waals surface area contributed by atoms with Crippen molar-refractivity contribution in [3.63, 3.8) is 0 Å². The summed E-state index contributed by atoms with van der Waals surface area (Å²) in [5.74, 6) is -0.122. The Bertz CT molecular complexity index is 712. The van der Waals surface area contributed by atoms with Crippen molar-refractivity contribution in [1.29, 1.82) is 0 Å². The largest absolute Gasteiger partial charge is 0.372 e. The highest BCUT2D eigenvalue weighted by Gasteiger charge is 2.12. The lowest BCUT2D eigenvalue weighted by atomic mass is 10.1. The molecule has 122 valence electrons. The lowest BCUT2D eigenvalue weighted by Gasteiger charge is -2.22. The molecule has 0 bridgehead atoms. The third-order valence-corrected chi connectivity index (χ3v) is 4.91. The first-order chi connectivity index (χ1) is 11.0. The molecule has 0 aromatic heterocycles. The molecule has 3 nitrogen and oxygen atoms in total. The number of halogens is 2. The summed E-state index contributed by atoms with van der Waals surface area (Å²) in [5.41, 5.74) is 3.67. The predicted molar refractivity (Wildman–Crippen MR) is 105 cm³/mol. The third kappa shape index (κ3) is 4.36. The predicted octanol–water partition coefficient (Wildman–Crippen LogP) is 5.62. The molecule has 0 radical (unpaired) electrons. The summed E-state index contributed by atoms with van der Waals surface area (Å²) in [4.78, 5) is 14.7. The maximum atomic E-state index is 12.5. The molecule has 0 aliphatic carbocycles. The fraction of sp³-hybridized carbons (Fsp3) is 0.278. The van der Waals surface area contributed by atoms with Crippen LogP contribution >= 0.6 is 31.9 Å². The van der Waals surface area contributed by atoms with Gasteiger partial charge in [-0.15, -0.1) is 0 Å². The van der Waals surface area contributed by atoms with Crippen LogP contribution in [-0.4, -0.2) is 19.0 Å². The van der Waals surface area contributed by atoms with Crippen molar-refractivity contribution >= 4 is 49.1 Å². The topological polar surface area (TPSA) is 32.3 Å². The molecule has 0 saturated carbocycles. The number of amides is 1. The van der Waals surface area contributed by atoms with Gasteiger partial charge in [-0.25, -0.2) is 0 Å². The van der Waals surface area contributed by atoms with E-state index in [4.69, 9.17) is 0 Å². The number of carbonyl (C=O) groups is 1. The van der Waals surface area contributed by atoms with E-state index in [0.29, 0.717) is 5.56 Å². The van der Waals surface area contributed by atoms with Crippen LogP contribution in [0.25, 0.3) is 0 Å². The summed E-state index contributed by atoms with van der Waals surface area (Å²) >= 11 is 6.82. The molecule has 1 amide bonds. The normalized spacial score (nSPS) is 10.5. The van der Waals surface area contributed by atoms with Gasteiger partial charge < -0.3 is 10.2 Å². The van der Waals surface area contributed by atoms with Crippen LogP contribution in [0.3, 0.4) is 0 Å². The summed E-state index contributed by atoms with van der Waals surface area (Å²) in [6.07, 6.45) is 0. The van der Waals surface area contributed by atoms with Gasteiger partial charge in [0.05, 0.1) is 5.56 Å². The zero-order valence-corrected chi connectivity index (χ0v) is 16.7. The van der Waals surface area contributed by atoms with Crippen molar-refractivity contribution in [2.24, 2.45) is 0 Å². The molecule has 0 heterocycles. The molecular weight excluding hydrogens is 420 g/mol. The van der Waals surface area contributed by atoms with Crippen LogP contribution in [-0.2, 0) is 0 Å². The Balaban J connectivity index is 2.21. The molecule has 2 aromatic carbocycles. The first-order valence-electron chi connectivity index (χ1n) is 7.58. The highest BCUT2D eigenvalue weighted by molar-refractivity contribution is 9.11. The second-order valence-electron chi connectivity index (χ2n) is 5.25. The second-order valence-corrected chi connectivity index (χ2v) is 7.02. The van der Waals surface area contributed by atoms with Crippen molar-refractivity contribution < 1.29 is 4.79 Å². The van der Waals surface area contributed by atoms with Crippen molar-refractivity contribution in [3.05, 3.63) is 56.5 Å². The van der Waals surface area contributed by atoms with Crippen LogP contribution in [0.5, 0.6) is 0 Å².